The number of carbonyl (C=O) groups excluding carboxylic acids is 1. The first kappa shape index (κ1) is 13.8. The Morgan fingerprint density at radius 1 is 1.48 bits per heavy atom. The second-order valence-electron chi connectivity index (χ2n) is 5.39. The number of aromatic nitrogens is 1. The number of amides is 1. The van der Waals surface area contributed by atoms with Crippen molar-refractivity contribution in [3.8, 4) is 0 Å². The molecule has 2 heterocycles. The molecule has 0 radical (unpaired) electrons. The number of rotatable bonds is 4. The van der Waals surface area contributed by atoms with Crippen molar-refractivity contribution in [3.05, 3.63) is 45.7 Å². The summed E-state index contributed by atoms with van der Waals surface area (Å²) in [6.45, 7) is 2.91. The molecule has 1 unspecified atom stereocenters. The Balaban J connectivity index is 2.09. The first-order chi connectivity index (χ1) is 10.1. The zero-order valence-electron chi connectivity index (χ0n) is 12.2. The SMILES string of the molecule is COCCNC(=O)c1cn2c3c(cccc3c1=O)CC2C. The molecular weight excluding hydrogens is 268 g/mol. The van der Waals surface area contributed by atoms with Crippen LogP contribution in [0.3, 0.4) is 0 Å². The first-order valence-electron chi connectivity index (χ1n) is 7.07. The van der Waals surface area contributed by atoms with Crippen molar-refractivity contribution >= 4 is 16.8 Å². The first-order valence-corrected chi connectivity index (χ1v) is 7.07. The second-order valence-corrected chi connectivity index (χ2v) is 5.39. The van der Waals surface area contributed by atoms with Crippen LogP contribution in [0.5, 0.6) is 0 Å². The maximum atomic E-state index is 12.5. The Morgan fingerprint density at radius 2 is 2.29 bits per heavy atom. The third kappa shape index (κ3) is 2.23. The molecule has 1 atom stereocenters. The number of benzene rings is 1. The summed E-state index contributed by atoms with van der Waals surface area (Å²) in [6.07, 6.45) is 2.58. The van der Waals surface area contributed by atoms with Crippen LogP contribution >= 0.6 is 0 Å². The zero-order chi connectivity index (χ0) is 15.0. The molecule has 5 heteroatoms. The van der Waals surface area contributed by atoms with Crippen LogP contribution in [0.1, 0.15) is 28.9 Å². The van der Waals surface area contributed by atoms with Crippen molar-refractivity contribution in [1.29, 1.82) is 0 Å². The summed E-state index contributed by atoms with van der Waals surface area (Å²) < 4.78 is 6.94. The van der Waals surface area contributed by atoms with Gasteiger partial charge in [0.1, 0.15) is 5.56 Å². The quantitative estimate of drug-likeness (QED) is 0.866. The van der Waals surface area contributed by atoms with E-state index in [0.717, 1.165) is 11.9 Å². The molecule has 0 saturated heterocycles. The van der Waals surface area contributed by atoms with Crippen LogP contribution < -0.4 is 10.7 Å². The molecule has 0 bridgehead atoms. The molecule has 0 spiro atoms. The van der Waals surface area contributed by atoms with Crippen molar-refractivity contribution < 1.29 is 9.53 Å². The van der Waals surface area contributed by atoms with Crippen LogP contribution in [0, 0.1) is 0 Å². The van der Waals surface area contributed by atoms with E-state index >= 15 is 0 Å². The highest BCUT2D eigenvalue weighted by Gasteiger charge is 2.24. The van der Waals surface area contributed by atoms with Crippen LogP contribution in [0.4, 0.5) is 0 Å². The second kappa shape index (κ2) is 5.33. The van der Waals surface area contributed by atoms with E-state index < -0.39 is 0 Å². The molecule has 0 aliphatic carbocycles. The summed E-state index contributed by atoms with van der Waals surface area (Å²) in [5.74, 6) is -0.341. The average molecular weight is 286 g/mol. The zero-order valence-corrected chi connectivity index (χ0v) is 12.2. The van der Waals surface area contributed by atoms with Crippen molar-refractivity contribution in [2.75, 3.05) is 20.3 Å². The Kier molecular flexibility index (Phi) is 3.51. The molecule has 21 heavy (non-hydrogen) atoms. The molecule has 1 aromatic heterocycles. The van der Waals surface area contributed by atoms with Gasteiger partial charge in [0.15, 0.2) is 0 Å². The molecule has 1 amide bonds. The predicted molar refractivity (Wildman–Crippen MR) is 80.8 cm³/mol. The highest BCUT2D eigenvalue weighted by molar-refractivity contribution is 5.98. The molecule has 5 nitrogen and oxygen atoms in total. The van der Waals surface area contributed by atoms with Crippen LogP contribution in [-0.4, -0.2) is 30.7 Å². The van der Waals surface area contributed by atoms with Gasteiger partial charge in [-0.25, -0.2) is 0 Å². The van der Waals surface area contributed by atoms with Gasteiger partial charge in [0.05, 0.1) is 12.1 Å². The van der Waals surface area contributed by atoms with Gasteiger partial charge in [0.2, 0.25) is 5.43 Å². The van der Waals surface area contributed by atoms with Gasteiger partial charge in [-0.2, -0.15) is 0 Å². The number of nitrogens with one attached hydrogen (secondary N) is 1. The van der Waals surface area contributed by atoms with Crippen LogP contribution in [0.25, 0.3) is 10.9 Å². The summed E-state index contributed by atoms with van der Waals surface area (Å²) in [7, 11) is 1.57. The molecular formula is C16H18N2O3. The van der Waals surface area contributed by atoms with Gasteiger partial charge >= 0.3 is 0 Å². The van der Waals surface area contributed by atoms with Crippen molar-refractivity contribution in [3.63, 3.8) is 0 Å². The van der Waals surface area contributed by atoms with Crippen LogP contribution in [0.15, 0.2) is 29.2 Å². The standard InChI is InChI=1S/C16H18N2O3/c1-10-8-11-4-3-5-12-14(11)18(10)9-13(15(12)19)16(20)17-6-7-21-2/h3-5,9-10H,6-8H2,1-2H3,(H,17,20). The number of nitrogens with zero attached hydrogens (tertiary/aromatic N) is 1. The van der Waals surface area contributed by atoms with Gasteiger partial charge < -0.3 is 14.6 Å². The number of hydrogen-bond donors (Lipinski definition) is 1. The molecule has 0 saturated carbocycles. The summed E-state index contributed by atoms with van der Waals surface area (Å²) in [6, 6.07) is 5.98. The fourth-order valence-electron chi connectivity index (χ4n) is 2.94. The van der Waals surface area contributed by atoms with Gasteiger partial charge in [0, 0.05) is 31.3 Å². The molecule has 110 valence electrons. The minimum atomic E-state index is -0.341. The van der Waals surface area contributed by atoms with Crippen LogP contribution in [0.2, 0.25) is 0 Å². The number of carbonyl (C=O) groups is 1. The smallest absolute Gasteiger partial charge is 0.256 e. The molecule has 1 aliphatic heterocycles. The largest absolute Gasteiger partial charge is 0.383 e. The van der Waals surface area contributed by atoms with Gasteiger partial charge in [-0.15, -0.1) is 0 Å². The van der Waals surface area contributed by atoms with E-state index in [4.69, 9.17) is 4.74 Å². The van der Waals surface area contributed by atoms with Gasteiger partial charge in [0.25, 0.3) is 5.91 Å². The minimum Gasteiger partial charge on any atom is -0.383 e. The predicted octanol–water partition coefficient (Wildman–Crippen LogP) is 1.49. The monoisotopic (exact) mass is 286 g/mol. The maximum Gasteiger partial charge on any atom is 0.256 e. The Labute approximate surface area is 122 Å². The molecule has 2 aromatic rings. The number of para-hydroxylation sites is 1. The maximum absolute atomic E-state index is 12.5. The van der Waals surface area contributed by atoms with E-state index in [0.29, 0.717) is 18.5 Å². The summed E-state index contributed by atoms with van der Waals surface area (Å²) in [4.78, 5) is 24.7. The molecule has 1 aromatic carbocycles. The summed E-state index contributed by atoms with van der Waals surface area (Å²) in [5, 5.41) is 3.33. The van der Waals surface area contributed by atoms with E-state index in [1.165, 1.54) is 5.56 Å². The Bertz CT molecular complexity index is 764. The summed E-state index contributed by atoms with van der Waals surface area (Å²) in [5.41, 5.74) is 2.13. The summed E-state index contributed by atoms with van der Waals surface area (Å²) >= 11 is 0. The fraction of sp³-hybridized carbons (Fsp3) is 0.375. The van der Waals surface area contributed by atoms with E-state index in [9.17, 15) is 9.59 Å². The third-order valence-electron chi connectivity index (χ3n) is 3.96. The number of methoxy groups -OCH3 is 1. The highest BCUT2D eigenvalue weighted by atomic mass is 16.5. The fourth-order valence-corrected chi connectivity index (χ4v) is 2.94. The van der Waals surface area contributed by atoms with E-state index in [1.54, 1.807) is 19.4 Å². The van der Waals surface area contributed by atoms with E-state index in [1.807, 2.05) is 16.7 Å². The molecule has 1 N–H and O–H groups in total. The topological polar surface area (TPSA) is 60.3 Å². The Hall–Kier alpha value is -2.14. The lowest BCUT2D eigenvalue weighted by atomic mass is 10.1. The van der Waals surface area contributed by atoms with Gasteiger partial charge in [-0.3, -0.25) is 9.59 Å². The number of hydrogen-bond acceptors (Lipinski definition) is 3. The van der Waals surface area contributed by atoms with Crippen LogP contribution in [-0.2, 0) is 11.2 Å². The number of ether oxygens (including phenoxy) is 1. The lowest BCUT2D eigenvalue weighted by Crippen LogP contribution is -2.32. The van der Waals surface area contributed by atoms with Crippen molar-refractivity contribution in [2.24, 2.45) is 0 Å². The Morgan fingerprint density at radius 3 is 3.05 bits per heavy atom. The number of pyridine rings is 1. The molecule has 3 rings (SSSR count). The normalized spacial score (nSPS) is 16.4. The molecule has 0 fully saturated rings. The van der Waals surface area contributed by atoms with Crippen molar-refractivity contribution in [2.45, 2.75) is 19.4 Å². The average Bonchev–Trinajstić information content (AvgIpc) is 2.79. The third-order valence-corrected chi connectivity index (χ3v) is 3.96. The van der Waals surface area contributed by atoms with Gasteiger partial charge in [-0.05, 0) is 25.0 Å². The van der Waals surface area contributed by atoms with Gasteiger partial charge in [-0.1, -0.05) is 12.1 Å². The lowest BCUT2D eigenvalue weighted by molar-refractivity contribution is 0.0935. The molecule has 1 aliphatic rings. The van der Waals surface area contributed by atoms with E-state index in [2.05, 4.69) is 12.2 Å². The minimum absolute atomic E-state index is 0.199. The highest BCUT2D eigenvalue weighted by Crippen LogP contribution is 2.30. The van der Waals surface area contributed by atoms with E-state index in [-0.39, 0.29) is 22.9 Å². The van der Waals surface area contributed by atoms with Crippen molar-refractivity contribution in [1.82, 2.24) is 9.88 Å². The lowest BCUT2D eigenvalue weighted by Gasteiger charge is -2.12.